The van der Waals surface area contributed by atoms with Crippen molar-refractivity contribution in [2.45, 2.75) is 52.5 Å². The van der Waals surface area contributed by atoms with Gasteiger partial charge >= 0.3 is 0 Å². The molecule has 2 aromatic heterocycles. The molecule has 5 nitrogen and oxygen atoms in total. The molecule has 3 rings (SSSR count). The van der Waals surface area contributed by atoms with Crippen LogP contribution in [0, 0.1) is 13.8 Å². The van der Waals surface area contributed by atoms with Gasteiger partial charge in [0.05, 0.1) is 5.39 Å². The quantitative estimate of drug-likeness (QED) is 0.859. The van der Waals surface area contributed by atoms with Crippen molar-refractivity contribution < 1.29 is 9.53 Å². The Bertz CT molecular complexity index is 713. The smallest absolute Gasteiger partial charge is 0.260 e. The highest BCUT2D eigenvalue weighted by Gasteiger charge is 2.26. The minimum Gasteiger partial charge on any atom is -0.467 e. The summed E-state index contributed by atoms with van der Waals surface area (Å²) in [6.45, 7) is 7.15. The van der Waals surface area contributed by atoms with Crippen LogP contribution in [0.4, 0.5) is 0 Å². The Labute approximate surface area is 140 Å². The van der Waals surface area contributed by atoms with Gasteiger partial charge in [-0.25, -0.2) is 9.97 Å². The van der Waals surface area contributed by atoms with E-state index in [-0.39, 0.29) is 12.5 Å². The van der Waals surface area contributed by atoms with Gasteiger partial charge in [-0.05, 0) is 45.1 Å². The SMILES string of the molecule is CCC1CCCCN1C(=O)COc1ncnc2sc(C)c(C)c12. The molecule has 0 radical (unpaired) electrons. The molecule has 1 unspecified atom stereocenters. The van der Waals surface area contributed by atoms with Gasteiger partial charge in [0.15, 0.2) is 6.61 Å². The largest absolute Gasteiger partial charge is 0.467 e. The first-order chi connectivity index (χ1) is 11.1. The Balaban J connectivity index is 1.74. The first-order valence-corrected chi connectivity index (χ1v) is 9.06. The Kier molecular flexibility index (Phi) is 4.80. The van der Waals surface area contributed by atoms with Crippen molar-refractivity contribution in [3.8, 4) is 5.88 Å². The molecular weight excluding hydrogens is 310 g/mol. The Morgan fingerprint density at radius 3 is 3.00 bits per heavy atom. The number of aryl methyl sites for hydroxylation is 2. The third-order valence-corrected chi connectivity index (χ3v) is 5.80. The van der Waals surface area contributed by atoms with Crippen molar-refractivity contribution >= 4 is 27.5 Å². The van der Waals surface area contributed by atoms with Crippen LogP contribution in [0.25, 0.3) is 10.2 Å². The summed E-state index contributed by atoms with van der Waals surface area (Å²) in [6.07, 6.45) is 5.91. The third kappa shape index (κ3) is 3.17. The molecule has 1 fully saturated rings. The number of hydrogen-bond acceptors (Lipinski definition) is 5. The number of ether oxygens (including phenoxy) is 1. The lowest BCUT2D eigenvalue weighted by molar-refractivity contribution is -0.137. The maximum absolute atomic E-state index is 12.5. The number of thiophene rings is 1. The summed E-state index contributed by atoms with van der Waals surface area (Å²) >= 11 is 1.63. The van der Waals surface area contributed by atoms with Crippen molar-refractivity contribution in [3.05, 3.63) is 16.8 Å². The van der Waals surface area contributed by atoms with E-state index in [1.54, 1.807) is 11.3 Å². The highest BCUT2D eigenvalue weighted by atomic mass is 32.1. The van der Waals surface area contributed by atoms with Gasteiger partial charge < -0.3 is 9.64 Å². The molecule has 3 heterocycles. The fourth-order valence-corrected chi connectivity index (χ4v) is 4.21. The topological polar surface area (TPSA) is 55.3 Å². The standard InChI is InChI=1S/C17H23N3O2S/c1-4-13-7-5-6-8-20(13)14(21)9-22-16-15-11(2)12(3)23-17(15)19-10-18-16/h10,13H,4-9H2,1-3H3. The third-order valence-electron chi connectivity index (χ3n) is 4.68. The van der Waals surface area contributed by atoms with Crippen LogP contribution in [0.2, 0.25) is 0 Å². The predicted molar refractivity (Wildman–Crippen MR) is 92.0 cm³/mol. The van der Waals surface area contributed by atoms with Crippen LogP contribution in [0.15, 0.2) is 6.33 Å². The van der Waals surface area contributed by atoms with Crippen LogP contribution >= 0.6 is 11.3 Å². The number of fused-ring (bicyclic) bond motifs is 1. The minimum atomic E-state index is 0.0525. The number of aromatic nitrogens is 2. The average Bonchev–Trinajstić information content (AvgIpc) is 2.87. The van der Waals surface area contributed by atoms with E-state index in [1.165, 1.54) is 17.6 Å². The van der Waals surface area contributed by atoms with E-state index in [4.69, 9.17) is 4.74 Å². The second kappa shape index (κ2) is 6.83. The highest BCUT2D eigenvalue weighted by Crippen LogP contribution is 2.33. The normalized spacial score (nSPS) is 18.4. The highest BCUT2D eigenvalue weighted by molar-refractivity contribution is 7.18. The summed E-state index contributed by atoms with van der Waals surface area (Å²) in [6, 6.07) is 0.357. The van der Waals surface area contributed by atoms with Crippen LogP contribution in [0.5, 0.6) is 5.88 Å². The molecule has 0 spiro atoms. The summed E-state index contributed by atoms with van der Waals surface area (Å²) in [5, 5.41) is 0.938. The minimum absolute atomic E-state index is 0.0525. The molecule has 23 heavy (non-hydrogen) atoms. The summed E-state index contributed by atoms with van der Waals surface area (Å²) in [5.74, 6) is 0.586. The lowest BCUT2D eigenvalue weighted by Gasteiger charge is -2.35. The monoisotopic (exact) mass is 333 g/mol. The Morgan fingerprint density at radius 2 is 2.22 bits per heavy atom. The fourth-order valence-electron chi connectivity index (χ4n) is 3.23. The van der Waals surface area contributed by atoms with Gasteiger partial charge in [-0.3, -0.25) is 4.79 Å². The second-order valence-electron chi connectivity index (χ2n) is 6.08. The number of rotatable bonds is 4. The second-order valence-corrected chi connectivity index (χ2v) is 7.28. The number of carbonyl (C=O) groups excluding carboxylic acids is 1. The first kappa shape index (κ1) is 16.2. The maximum atomic E-state index is 12.5. The molecule has 1 aliphatic heterocycles. The number of hydrogen-bond donors (Lipinski definition) is 0. The number of amides is 1. The van der Waals surface area contributed by atoms with E-state index in [1.807, 2.05) is 11.8 Å². The molecule has 1 atom stereocenters. The van der Waals surface area contributed by atoms with E-state index < -0.39 is 0 Å². The summed E-state index contributed by atoms with van der Waals surface area (Å²) in [5.41, 5.74) is 1.14. The van der Waals surface area contributed by atoms with Crippen molar-refractivity contribution in [1.29, 1.82) is 0 Å². The molecule has 1 saturated heterocycles. The van der Waals surface area contributed by atoms with E-state index in [9.17, 15) is 4.79 Å². The summed E-state index contributed by atoms with van der Waals surface area (Å²) in [7, 11) is 0. The Morgan fingerprint density at radius 1 is 1.39 bits per heavy atom. The number of piperidine rings is 1. The van der Waals surface area contributed by atoms with Crippen LogP contribution < -0.4 is 4.74 Å². The molecule has 1 aliphatic rings. The molecule has 0 N–H and O–H groups in total. The van der Waals surface area contributed by atoms with Crippen LogP contribution in [0.3, 0.4) is 0 Å². The van der Waals surface area contributed by atoms with E-state index in [2.05, 4.69) is 23.8 Å². The van der Waals surface area contributed by atoms with Crippen molar-refractivity contribution in [2.24, 2.45) is 0 Å². The van der Waals surface area contributed by atoms with E-state index >= 15 is 0 Å². The molecule has 6 heteroatoms. The van der Waals surface area contributed by atoms with Gasteiger partial charge in [0.25, 0.3) is 5.91 Å². The van der Waals surface area contributed by atoms with Crippen molar-refractivity contribution in [2.75, 3.05) is 13.2 Å². The number of carbonyl (C=O) groups is 1. The van der Waals surface area contributed by atoms with Gasteiger partial charge in [-0.1, -0.05) is 6.92 Å². The Hall–Kier alpha value is -1.69. The average molecular weight is 333 g/mol. The zero-order chi connectivity index (χ0) is 16.4. The molecule has 2 aromatic rings. The van der Waals surface area contributed by atoms with Crippen LogP contribution in [-0.2, 0) is 4.79 Å². The fraction of sp³-hybridized carbons (Fsp3) is 0.588. The lowest BCUT2D eigenvalue weighted by atomic mass is 10.00. The van der Waals surface area contributed by atoms with Gasteiger partial charge in [0.2, 0.25) is 5.88 Å². The molecule has 0 aromatic carbocycles. The molecule has 1 amide bonds. The summed E-state index contributed by atoms with van der Waals surface area (Å²) in [4.78, 5) is 25.2. The van der Waals surface area contributed by atoms with Crippen LogP contribution in [0.1, 0.15) is 43.0 Å². The molecule has 0 bridgehead atoms. The molecule has 0 aliphatic carbocycles. The maximum Gasteiger partial charge on any atom is 0.260 e. The zero-order valence-electron chi connectivity index (χ0n) is 14.0. The predicted octanol–water partition coefficient (Wildman–Crippen LogP) is 3.48. The van der Waals surface area contributed by atoms with Gasteiger partial charge in [-0.15, -0.1) is 11.3 Å². The van der Waals surface area contributed by atoms with Crippen molar-refractivity contribution in [3.63, 3.8) is 0 Å². The summed E-state index contributed by atoms with van der Waals surface area (Å²) < 4.78 is 5.79. The first-order valence-electron chi connectivity index (χ1n) is 8.24. The van der Waals surface area contributed by atoms with E-state index in [0.29, 0.717) is 11.9 Å². The molecule has 0 saturated carbocycles. The van der Waals surface area contributed by atoms with Crippen LogP contribution in [-0.4, -0.2) is 40.0 Å². The molecular formula is C17H23N3O2S. The zero-order valence-corrected chi connectivity index (χ0v) is 14.8. The molecule has 124 valence electrons. The van der Waals surface area contributed by atoms with Crippen molar-refractivity contribution in [1.82, 2.24) is 14.9 Å². The number of nitrogens with zero attached hydrogens (tertiary/aromatic N) is 3. The van der Waals surface area contributed by atoms with E-state index in [0.717, 1.165) is 41.6 Å². The lowest BCUT2D eigenvalue weighted by Crippen LogP contribution is -2.45. The van der Waals surface area contributed by atoms with Gasteiger partial charge in [0.1, 0.15) is 11.2 Å². The number of likely N-dealkylation sites (tertiary alicyclic amines) is 1. The van der Waals surface area contributed by atoms with Gasteiger partial charge in [0, 0.05) is 17.5 Å². The van der Waals surface area contributed by atoms with Gasteiger partial charge in [-0.2, -0.15) is 0 Å².